The van der Waals surface area contributed by atoms with Gasteiger partial charge in [0.2, 0.25) is 0 Å². The first-order valence-corrected chi connectivity index (χ1v) is 11.3. The quantitative estimate of drug-likeness (QED) is 0.184. The predicted octanol–water partition coefficient (Wildman–Crippen LogP) is -6.37. The van der Waals surface area contributed by atoms with E-state index in [0.717, 1.165) is 4.43 Å². The topological polar surface area (TPSA) is 56.9 Å². The van der Waals surface area contributed by atoms with Crippen molar-refractivity contribution in [2.75, 3.05) is 22.6 Å². The summed E-state index contributed by atoms with van der Waals surface area (Å²) in [5, 5.41) is 0. The van der Waals surface area contributed by atoms with Crippen LogP contribution in [-0.4, -0.2) is 47.2 Å². The van der Waals surface area contributed by atoms with Crippen molar-refractivity contribution >= 4 is 11.9 Å². The van der Waals surface area contributed by atoms with Gasteiger partial charge in [-0.05, 0) is 0 Å². The molecule has 2 heterocycles. The number of carbonyl (C=O) groups is 1. The van der Waals surface area contributed by atoms with E-state index in [1.54, 1.807) is 0 Å². The van der Waals surface area contributed by atoms with Gasteiger partial charge in [0.1, 0.15) is 0 Å². The Balaban J connectivity index is 1.77. The molecule has 2 fully saturated rings. The van der Waals surface area contributed by atoms with Crippen molar-refractivity contribution in [1.29, 1.82) is 0 Å². The van der Waals surface area contributed by atoms with Crippen LogP contribution >= 0.6 is 0 Å². The fraction of sp³-hybridized carbons (Fsp3) is 0.800. The summed E-state index contributed by atoms with van der Waals surface area (Å²) in [7, 11) is 0. The molecular weight excluding hydrogens is 438 g/mol. The molecule has 94 valence electrons. The van der Waals surface area contributed by atoms with Gasteiger partial charge >= 0.3 is 116 Å². The molecule has 2 aliphatic rings. The van der Waals surface area contributed by atoms with Gasteiger partial charge < -0.3 is 0 Å². The van der Waals surface area contributed by atoms with Crippen LogP contribution in [0.5, 0.6) is 0 Å². The number of esters is 2. The first-order valence-electron chi connectivity index (χ1n) is 5.10. The normalized spacial score (nSPS) is 34.4. The molecular formula is C10H15I2O4-. The average Bonchev–Trinajstić information content (AvgIpc) is 2.82. The first kappa shape index (κ1) is 12.8. The first-order chi connectivity index (χ1) is 7.70. The summed E-state index contributed by atoms with van der Waals surface area (Å²) in [5.74, 6) is 0.685. The number of halogens is 2. The van der Waals surface area contributed by atoms with E-state index < -0.39 is 0 Å². The molecule has 0 aliphatic carbocycles. The maximum absolute atomic E-state index is 11.4. The Morgan fingerprint density at radius 1 is 1.44 bits per heavy atom. The van der Waals surface area contributed by atoms with Gasteiger partial charge in [-0.3, -0.25) is 0 Å². The summed E-state index contributed by atoms with van der Waals surface area (Å²) in [5.41, 5.74) is 0. The van der Waals surface area contributed by atoms with Crippen molar-refractivity contribution in [2.45, 2.75) is 14.3 Å². The molecule has 2 rings (SSSR count). The van der Waals surface area contributed by atoms with E-state index in [0.29, 0.717) is 29.5 Å². The van der Waals surface area contributed by atoms with Crippen LogP contribution in [0.2, 0.25) is 0 Å². The Hall–Kier alpha value is 0.400. The molecule has 0 saturated carbocycles. The second-order valence-electron chi connectivity index (χ2n) is 3.82. The Bertz CT molecular complexity index is 295. The summed E-state index contributed by atoms with van der Waals surface area (Å²) in [6.07, 6.45) is 0.709. The number of carbonyl (C=O) groups excluding carboxylic acids is 2. The van der Waals surface area contributed by atoms with Crippen LogP contribution in [-0.2, 0) is 14.3 Å². The fourth-order valence-electron chi connectivity index (χ4n) is 1.77. The Kier molecular flexibility index (Phi) is 4.68. The summed E-state index contributed by atoms with van der Waals surface area (Å²) in [6.45, 7) is 1.30. The number of hydrogen-bond donors (Lipinski definition) is 0. The zero-order valence-corrected chi connectivity index (χ0v) is 13.3. The second-order valence-corrected chi connectivity index (χ2v) is 9.94. The molecule has 3 atom stereocenters. The molecule has 0 aromatic rings. The molecule has 0 bridgehead atoms. The SMILES string of the molecule is C[I-]C1C(=O)OCC1C[I-]C1COC(=[OH+])C1. The molecule has 16 heavy (non-hydrogen) atoms. The van der Waals surface area contributed by atoms with Crippen LogP contribution < -0.4 is 42.4 Å². The van der Waals surface area contributed by atoms with E-state index >= 15 is 0 Å². The van der Waals surface area contributed by atoms with E-state index in [1.807, 2.05) is 0 Å². The van der Waals surface area contributed by atoms with E-state index in [1.165, 1.54) is 0 Å². The summed E-state index contributed by atoms with van der Waals surface area (Å²) < 4.78 is 12.1. The van der Waals surface area contributed by atoms with Crippen molar-refractivity contribution in [2.24, 2.45) is 5.92 Å². The van der Waals surface area contributed by atoms with Crippen LogP contribution in [0, 0.1) is 5.92 Å². The zero-order valence-electron chi connectivity index (χ0n) is 8.99. The molecule has 6 heteroatoms. The fourth-order valence-corrected chi connectivity index (χ4v) is 8.17. The van der Waals surface area contributed by atoms with Crippen LogP contribution in [0.15, 0.2) is 0 Å². The zero-order chi connectivity index (χ0) is 11.5. The molecule has 3 unspecified atom stereocenters. The van der Waals surface area contributed by atoms with Gasteiger partial charge in [-0.2, -0.15) is 0 Å². The van der Waals surface area contributed by atoms with Crippen molar-refractivity contribution in [3.05, 3.63) is 0 Å². The molecule has 4 nitrogen and oxygen atoms in total. The number of rotatable bonds is 4. The van der Waals surface area contributed by atoms with Gasteiger partial charge in [-0.25, -0.2) is 0 Å². The van der Waals surface area contributed by atoms with Gasteiger partial charge in [0.05, 0.1) is 0 Å². The molecule has 2 saturated heterocycles. The molecule has 1 N–H and O–H groups in total. The van der Waals surface area contributed by atoms with E-state index in [9.17, 15) is 9.59 Å². The molecule has 0 spiro atoms. The standard InChI is InChI=1S/C10H14I2O4/c1-11-9-6(4-16-10(9)14)3-12-7-2-8(13)15-5-7/h6-7,9H,2-5H2,1H3/q-2/p+1. The monoisotopic (exact) mass is 453 g/mol. The molecule has 2 aliphatic heterocycles. The molecule has 0 aromatic carbocycles. The van der Waals surface area contributed by atoms with Gasteiger partial charge in [0.15, 0.2) is 0 Å². The number of hydrogen-bond acceptors (Lipinski definition) is 3. The van der Waals surface area contributed by atoms with Gasteiger partial charge in [-0.15, -0.1) is 0 Å². The number of alkyl halides is 4. The van der Waals surface area contributed by atoms with Crippen LogP contribution in [0.1, 0.15) is 6.42 Å². The van der Waals surface area contributed by atoms with Gasteiger partial charge in [-0.1, -0.05) is 0 Å². The van der Waals surface area contributed by atoms with Crippen molar-refractivity contribution in [3.63, 3.8) is 0 Å². The third-order valence-corrected chi connectivity index (χ3v) is 9.20. The summed E-state index contributed by atoms with van der Waals surface area (Å²) in [6, 6.07) is 0. The molecule has 0 radical (unpaired) electrons. The number of cyclic esters (lactones) is 2. The van der Waals surface area contributed by atoms with Gasteiger partial charge in [0, 0.05) is 0 Å². The Morgan fingerprint density at radius 2 is 2.25 bits per heavy atom. The van der Waals surface area contributed by atoms with E-state index in [4.69, 9.17) is 9.47 Å². The third-order valence-electron chi connectivity index (χ3n) is 2.65. The van der Waals surface area contributed by atoms with Crippen LogP contribution in [0.3, 0.4) is 0 Å². The van der Waals surface area contributed by atoms with Crippen molar-refractivity contribution < 1.29 is 61.5 Å². The Labute approximate surface area is 115 Å². The van der Waals surface area contributed by atoms with Crippen molar-refractivity contribution in [3.8, 4) is 0 Å². The summed E-state index contributed by atoms with van der Waals surface area (Å²) in [4.78, 5) is 22.7. The van der Waals surface area contributed by atoms with E-state index in [2.05, 4.69) is 4.93 Å². The molecule has 0 aromatic heterocycles. The minimum atomic E-state index is -0.0540. The maximum atomic E-state index is 11.4. The van der Waals surface area contributed by atoms with Gasteiger partial charge in [0.25, 0.3) is 0 Å². The molecule has 0 amide bonds. The van der Waals surface area contributed by atoms with Crippen LogP contribution in [0.25, 0.3) is 0 Å². The second kappa shape index (κ2) is 5.83. The summed E-state index contributed by atoms with van der Waals surface area (Å²) >= 11 is -0.0461. The third kappa shape index (κ3) is 2.99. The average molecular weight is 453 g/mol. The Morgan fingerprint density at radius 3 is 2.88 bits per heavy atom. The number of ether oxygens (including phenoxy) is 2. The van der Waals surface area contributed by atoms with Crippen LogP contribution in [0.4, 0.5) is 0 Å². The van der Waals surface area contributed by atoms with Crippen molar-refractivity contribution in [1.82, 2.24) is 0 Å². The van der Waals surface area contributed by atoms with E-state index in [-0.39, 0.29) is 58.3 Å². The minimum absolute atomic E-state index is 0.00794. The predicted molar refractivity (Wildman–Crippen MR) is 50.3 cm³/mol.